The van der Waals surface area contributed by atoms with Crippen molar-refractivity contribution in [2.45, 2.75) is 6.42 Å². The fourth-order valence-electron chi connectivity index (χ4n) is 1.43. The van der Waals surface area contributed by atoms with Crippen LogP contribution in [0.5, 0.6) is 0 Å². The maximum absolute atomic E-state index is 13.0. The van der Waals surface area contributed by atoms with E-state index in [1.54, 1.807) is 0 Å². The molecule has 0 spiro atoms. The summed E-state index contributed by atoms with van der Waals surface area (Å²) in [6.07, 6.45) is 0.0951. The third kappa shape index (κ3) is 2.51. The zero-order chi connectivity index (χ0) is 13.3. The minimum Gasteiger partial charge on any atom is -0.365 e. The van der Waals surface area contributed by atoms with E-state index in [4.69, 9.17) is 5.73 Å². The van der Waals surface area contributed by atoms with Crippen molar-refractivity contribution in [3.05, 3.63) is 51.8 Å². The Morgan fingerprint density at radius 2 is 1.83 bits per heavy atom. The molecule has 2 aromatic rings. The van der Waals surface area contributed by atoms with E-state index in [-0.39, 0.29) is 16.9 Å². The second kappa shape index (κ2) is 4.77. The summed E-state index contributed by atoms with van der Waals surface area (Å²) in [4.78, 5) is 11.1. The van der Waals surface area contributed by atoms with Crippen LogP contribution in [0.25, 0.3) is 0 Å². The molecule has 7 heteroatoms. The number of halogens is 3. The molecule has 0 atom stereocenters. The molecule has 0 radical (unpaired) electrons. The molecule has 1 aromatic heterocycles. The van der Waals surface area contributed by atoms with Crippen LogP contribution in [0.4, 0.5) is 13.2 Å². The highest BCUT2D eigenvalue weighted by Crippen LogP contribution is 2.18. The van der Waals surface area contributed by atoms with Crippen LogP contribution >= 0.6 is 11.5 Å². The standard InChI is InChI=1S/C11H7F3N2OS/c12-7-2-5(3-8(13)10(7)14)1-6-4-9(11(15)17)18-16-6/h2-4H,1H2,(H2,15,17). The Bertz CT molecular complexity index is 589. The number of hydrogen-bond acceptors (Lipinski definition) is 3. The van der Waals surface area contributed by atoms with Gasteiger partial charge in [0.15, 0.2) is 17.5 Å². The van der Waals surface area contributed by atoms with E-state index in [9.17, 15) is 18.0 Å². The summed E-state index contributed by atoms with van der Waals surface area (Å²) >= 11 is 0.902. The lowest BCUT2D eigenvalue weighted by molar-refractivity contribution is 0.100. The van der Waals surface area contributed by atoms with Crippen molar-refractivity contribution in [2.75, 3.05) is 0 Å². The second-order valence-electron chi connectivity index (χ2n) is 3.60. The number of hydrogen-bond donors (Lipinski definition) is 1. The lowest BCUT2D eigenvalue weighted by Crippen LogP contribution is -2.08. The van der Waals surface area contributed by atoms with E-state index in [0.29, 0.717) is 5.69 Å². The molecular weight excluding hydrogens is 265 g/mol. The smallest absolute Gasteiger partial charge is 0.260 e. The molecule has 0 aliphatic rings. The normalized spacial score (nSPS) is 10.6. The molecule has 94 valence electrons. The Labute approximate surface area is 104 Å². The van der Waals surface area contributed by atoms with Crippen molar-refractivity contribution in [2.24, 2.45) is 5.73 Å². The van der Waals surface area contributed by atoms with Gasteiger partial charge >= 0.3 is 0 Å². The summed E-state index contributed by atoms with van der Waals surface area (Å²) in [5.41, 5.74) is 5.72. The number of nitrogens with zero attached hydrogens (tertiary/aromatic N) is 1. The average molecular weight is 272 g/mol. The van der Waals surface area contributed by atoms with Crippen LogP contribution in [0, 0.1) is 17.5 Å². The van der Waals surface area contributed by atoms with Crippen molar-refractivity contribution in [1.82, 2.24) is 4.37 Å². The molecule has 18 heavy (non-hydrogen) atoms. The largest absolute Gasteiger partial charge is 0.365 e. The van der Waals surface area contributed by atoms with Gasteiger partial charge in [0.25, 0.3) is 5.91 Å². The fourth-order valence-corrected chi connectivity index (χ4v) is 2.04. The van der Waals surface area contributed by atoms with E-state index in [2.05, 4.69) is 4.37 Å². The van der Waals surface area contributed by atoms with Crippen LogP contribution in [-0.4, -0.2) is 10.3 Å². The Morgan fingerprint density at radius 1 is 1.22 bits per heavy atom. The summed E-state index contributed by atoms with van der Waals surface area (Å²) in [5, 5.41) is 0. The maximum atomic E-state index is 13.0. The predicted molar refractivity (Wildman–Crippen MR) is 59.8 cm³/mol. The summed E-state index contributed by atoms with van der Waals surface area (Å²) in [6.45, 7) is 0. The Balaban J connectivity index is 2.25. The van der Waals surface area contributed by atoms with Crippen molar-refractivity contribution >= 4 is 17.4 Å². The van der Waals surface area contributed by atoms with Gasteiger partial charge in [-0.3, -0.25) is 4.79 Å². The van der Waals surface area contributed by atoms with Crippen molar-refractivity contribution < 1.29 is 18.0 Å². The maximum Gasteiger partial charge on any atom is 0.260 e. The van der Waals surface area contributed by atoms with E-state index in [1.807, 2.05) is 0 Å². The molecule has 1 aromatic carbocycles. The van der Waals surface area contributed by atoms with Gasteiger partial charge in [-0.2, -0.15) is 4.37 Å². The van der Waals surface area contributed by atoms with Gasteiger partial charge in [0.1, 0.15) is 4.88 Å². The lowest BCUT2D eigenvalue weighted by Gasteiger charge is -2.01. The van der Waals surface area contributed by atoms with Crippen LogP contribution in [0.1, 0.15) is 20.9 Å². The lowest BCUT2D eigenvalue weighted by atomic mass is 10.1. The quantitative estimate of drug-likeness (QED) is 0.871. The number of benzene rings is 1. The number of rotatable bonds is 3. The minimum absolute atomic E-state index is 0.0951. The third-order valence-electron chi connectivity index (χ3n) is 2.23. The molecule has 2 rings (SSSR count). The zero-order valence-electron chi connectivity index (χ0n) is 8.91. The van der Waals surface area contributed by atoms with Crippen LogP contribution < -0.4 is 5.73 Å². The summed E-state index contributed by atoms with van der Waals surface area (Å²) in [6, 6.07) is 3.22. The van der Waals surface area contributed by atoms with Crippen molar-refractivity contribution in [3.8, 4) is 0 Å². The predicted octanol–water partition coefficient (Wildman–Crippen LogP) is 2.25. The molecule has 0 aliphatic carbocycles. The summed E-state index contributed by atoms with van der Waals surface area (Å²) in [5.74, 6) is -4.63. The molecule has 3 nitrogen and oxygen atoms in total. The number of primary amides is 1. The zero-order valence-corrected chi connectivity index (χ0v) is 9.73. The Hall–Kier alpha value is -1.89. The summed E-state index contributed by atoms with van der Waals surface area (Å²) < 4.78 is 42.6. The number of aromatic nitrogens is 1. The van der Waals surface area contributed by atoms with E-state index >= 15 is 0 Å². The van der Waals surface area contributed by atoms with E-state index in [1.165, 1.54) is 6.07 Å². The first-order chi connectivity index (χ1) is 8.47. The first kappa shape index (κ1) is 12.6. The van der Waals surface area contributed by atoms with Crippen molar-refractivity contribution in [3.63, 3.8) is 0 Å². The molecule has 0 aliphatic heterocycles. The van der Waals surface area contributed by atoms with Gasteiger partial charge in [-0.15, -0.1) is 0 Å². The Kier molecular flexibility index (Phi) is 3.33. The molecule has 1 heterocycles. The highest BCUT2D eigenvalue weighted by atomic mass is 32.1. The molecule has 0 unspecified atom stereocenters. The first-order valence-electron chi connectivity index (χ1n) is 4.86. The first-order valence-corrected chi connectivity index (χ1v) is 5.63. The highest BCUT2D eigenvalue weighted by Gasteiger charge is 2.12. The number of carbonyl (C=O) groups is 1. The van der Waals surface area contributed by atoms with Gasteiger partial charge in [-0.05, 0) is 35.3 Å². The van der Waals surface area contributed by atoms with Crippen LogP contribution in [0.2, 0.25) is 0 Å². The minimum atomic E-state index is -1.50. The van der Waals surface area contributed by atoms with Gasteiger partial charge in [-0.1, -0.05) is 0 Å². The molecule has 0 saturated heterocycles. The van der Waals surface area contributed by atoms with Gasteiger partial charge in [0, 0.05) is 6.42 Å². The average Bonchev–Trinajstić information content (AvgIpc) is 2.74. The monoisotopic (exact) mass is 272 g/mol. The molecule has 2 N–H and O–H groups in total. The molecule has 1 amide bonds. The van der Waals surface area contributed by atoms with Crippen LogP contribution in [-0.2, 0) is 6.42 Å². The number of amides is 1. The van der Waals surface area contributed by atoms with Gasteiger partial charge in [0.2, 0.25) is 0 Å². The SMILES string of the molecule is NC(=O)c1cc(Cc2cc(F)c(F)c(F)c2)ns1. The Morgan fingerprint density at radius 3 is 2.33 bits per heavy atom. The van der Waals surface area contributed by atoms with Gasteiger partial charge in [0.05, 0.1) is 5.69 Å². The molecular formula is C11H7F3N2OS. The molecule has 0 bridgehead atoms. The highest BCUT2D eigenvalue weighted by molar-refractivity contribution is 7.08. The third-order valence-corrected chi connectivity index (χ3v) is 3.07. The number of nitrogens with two attached hydrogens (primary N) is 1. The molecule has 0 fully saturated rings. The van der Waals surface area contributed by atoms with E-state index in [0.717, 1.165) is 23.7 Å². The van der Waals surface area contributed by atoms with Crippen molar-refractivity contribution in [1.29, 1.82) is 0 Å². The van der Waals surface area contributed by atoms with E-state index < -0.39 is 23.4 Å². The molecule has 0 saturated carbocycles. The second-order valence-corrected chi connectivity index (χ2v) is 4.40. The summed E-state index contributed by atoms with van der Waals surface area (Å²) in [7, 11) is 0. The number of carbonyl (C=O) groups excluding carboxylic acids is 1. The van der Waals surface area contributed by atoms with Crippen LogP contribution in [0.15, 0.2) is 18.2 Å². The van der Waals surface area contributed by atoms with Gasteiger partial charge < -0.3 is 5.73 Å². The fraction of sp³-hybridized carbons (Fsp3) is 0.0909. The van der Waals surface area contributed by atoms with Gasteiger partial charge in [-0.25, -0.2) is 13.2 Å². The van der Waals surface area contributed by atoms with Crippen LogP contribution in [0.3, 0.4) is 0 Å². The topological polar surface area (TPSA) is 56.0 Å².